The van der Waals surface area contributed by atoms with Gasteiger partial charge < -0.3 is 9.88 Å². The summed E-state index contributed by atoms with van der Waals surface area (Å²) in [5.74, 6) is -0.198. The van der Waals surface area contributed by atoms with Crippen LogP contribution in [0.2, 0.25) is 0 Å². The van der Waals surface area contributed by atoms with Crippen LogP contribution in [0.5, 0.6) is 0 Å². The molecular formula is C14H15F3N2O. The van der Waals surface area contributed by atoms with Crippen LogP contribution in [0.3, 0.4) is 0 Å². The van der Waals surface area contributed by atoms with E-state index in [4.69, 9.17) is 0 Å². The highest BCUT2D eigenvalue weighted by atomic mass is 19.4. The fraction of sp³-hybridized carbons (Fsp3) is 0.357. The van der Waals surface area contributed by atoms with Crippen molar-refractivity contribution in [2.24, 2.45) is 7.05 Å². The molecule has 0 radical (unpaired) electrons. The number of hydrogen-bond acceptors (Lipinski definition) is 1. The van der Waals surface area contributed by atoms with Crippen molar-refractivity contribution in [2.45, 2.75) is 25.9 Å². The fourth-order valence-corrected chi connectivity index (χ4v) is 2.15. The van der Waals surface area contributed by atoms with Crippen LogP contribution in [0.4, 0.5) is 18.9 Å². The number of carbonyl (C=O) groups is 1. The largest absolute Gasteiger partial charge is 0.418 e. The number of halogens is 3. The van der Waals surface area contributed by atoms with Crippen molar-refractivity contribution in [1.82, 2.24) is 4.57 Å². The number of hydrogen-bond donors (Lipinski definition) is 1. The molecule has 0 saturated carbocycles. The summed E-state index contributed by atoms with van der Waals surface area (Å²) in [6.45, 7) is 1.86. The quantitative estimate of drug-likeness (QED) is 0.910. The van der Waals surface area contributed by atoms with Gasteiger partial charge in [-0.15, -0.1) is 0 Å². The number of benzene rings is 1. The predicted molar refractivity (Wildman–Crippen MR) is 71.5 cm³/mol. The van der Waals surface area contributed by atoms with E-state index in [2.05, 4.69) is 5.32 Å². The summed E-state index contributed by atoms with van der Waals surface area (Å²) >= 11 is 0. The van der Waals surface area contributed by atoms with Gasteiger partial charge in [0.1, 0.15) is 0 Å². The van der Waals surface area contributed by atoms with Gasteiger partial charge in [-0.25, -0.2) is 0 Å². The van der Waals surface area contributed by atoms with E-state index < -0.39 is 11.7 Å². The summed E-state index contributed by atoms with van der Waals surface area (Å²) in [5, 5.41) is 2.70. The van der Waals surface area contributed by atoms with Gasteiger partial charge in [-0.2, -0.15) is 13.2 Å². The van der Waals surface area contributed by atoms with Gasteiger partial charge in [0, 0.05) is 36.3 Å². The summed E-state index contributed by atoms with van der Waals surface area (Å²) in [6, 6.07) is 4.55. The van der Waals surface area contributed by atoms with E-state index in [1.165, 1.54) is 10.6 Å². The first-order valence-corrected chi connectivity index (χ1v) is 6.29. The van der Waals surface area contributed by atoms with Crippen molar-refractivity contribution in [3.63, 3.8) is 0 Å². The molecule has 0 atom stereocenters. The average molecular weight is 284 g/mol. The molecule has 6 heteroatoms. The molecule has 1 heterocycles. The normalized spacial score (nSPS) is 11.8. The number of amides is 1. The number of fused-ring (bicyclic) bond motifs is 1. The van der Waals surface area contributed by atoms with Gasteiger partial charge in [0.15, 0.2) is 0 Å². The van der Waals surface area contributed by atoms with Crippen LogP contribution in [0.15, 0.2) is 24.4 Å². The van der Waals surface area contributed by atoms with E-state index in [0.29, 0.717) is 24.0 Å². The van der Waals surface area contributed by atoms with Crippen LogP contribution >= 0.6 is 0 Å². The van der Waals surface area contributed by atoms with E-state index in [1.54, 1.807) is 19.2 Å². The van der Waals surface area contributed by atoms with E-state index in [1.807, 2.05) is 6.92 Å². The molecule has 0 aliphatic heterocycles. The molecule has 0 fully saturated rings. The first-order chi connectivity index (χ1) is 9.32. The van der Waals surface area contributed by atoms with E-state index >= 15 is 0 Å². The Morgan fingerprint density at radius 2 is 2.05 bits per heavy atom. The lowest BCUT2D eigenvalue weighted by Gasteiger charge is -2.07. The highest BCUT2D eigenvalue weighted by Gasteiger charge is 2.34. The number of rotatable bonds is 3. The van der Waals surface area contributed by atoms with Gasteiger partial charge in [-0.1, -0.05) is 6.92 Å². The molecule has 108 valence electrons. The molecule has 1 aromatic heterocycles. The standard InChI is InChI=1S/C14H15F3N2O/c1-3-4-13(20)18-9-5-6-12-10(7-9)11(8-19(12)2)14(15,16)17/h5-8H,3-4H2,1-2H3,(H,18,20). The minimum atomic E-state index is -4.41. The number of alkyl halides is 3. The third kappa shape index (κ3) is 2.79. The second kappa shape index (κ2) is 5.19. The van der Waals surface area contributed by atoms with Crippen LogP contribution in [-0.2, 0) is 18.0 Å². The molecule has 2 rings (SSSR count). The van der Waals surface area contributed by atoms with Crippen LogP contribution in [0.1, 0.15) is 25.3 Å². The van der Waals surface area contributed by atoms with Gasteiger partial charge in [0.05, 0.1) is 5.56 Å². The molecule has 0 unspecified atom stereocenters. The summed E-state index contributed by atoms with van der Waals surface area (Å²) < 4.78 is 40.3. The second-order valence-corrected chi connectivity index (χ2v) is 4.68. The fourth-order valence-electron chi connectivity index (χ4n) is 2.15. The molecule has 3 nitrogen and oxygen atoms in total. The Morgan fingerprint density at radius 1 is 1.35 bits per heavy atom. The minimum absolute atomic E-state index is 0.0919. The van der Waals surface area contributed by atoms with Gasteiger partial charge in [-0.05, 0) is 24.6 Å². The number of carbonyl (C=O) groups excluding carboxylic acids is 1. The van der Waals surface area contributed by atoms with Crippen LogP contribution < -0.4 is 5.32 Å². The van der Waals surface area contributed by atoms with Crippen molar-refractivity contribution < 1.29 is 18.0 Å². The van der Waals surface area contributed by atoms with Gasteiger partial charge in [-0.3, -0.25) is 4.79 Å². The molecule has 1 N–H and O–H groups in total. The zero-order valence-corrected chi connectivity index (χ0v) is 11.2. The van der Waals surface area contributed by atoms with E-state index in [0.717, 1.165) is 6.20 Å². The number of nitrogens with one attached hydrogen (secondary N) is 1. The SMILES string of the molecule is CCCC(=O)Nc1ccc2c(c1)c(C(F)(F)F)cn2C. The maximum Gasteiger partial charge on any atom is 0.418 e. The Hall–Kier alpha value is -1.98. The zero-order valence-electron chi connectivity index (χ0n) is 11.2. The number of aromatic nitrogens is 1. The number of nitrogens with zero attached hydrogens (tertiary/aromatic N) is 1. The number of aryl methyl sites for hydroxylation is 1. The molecule has 0 aliphatic rings. The van der Waals surface area contributed by atoms with Crippen LogP contribution in [-0.4, -0.2) is 10.5 Å². The Labute approximate surface area is 114 Å². The first kappa shape index (κ1) is 14.4. The predicted octanol–water partition coefficient (Wildman–Crippen LogP) is 3.94. The number of anilines is 1. The highest BCUT2D eigenvalue weighted by molar-refractivity contribution is 5.95. The second-order valence-electron chi connectivity index (χ2n) is 4.68. The third-order valence-corrected chi connectivity index (χ3v) is 3.06. The molecule has 1 aromatic carbocycles. The minimum Gasteiger partial charge on any atom is -0.350 e. The Kier molecular flexibility index (Phi) is 3.74. The molecule has 1 amide bonds. The molecule has 0 bridgehead atoms. The van der Waals surface area contributed by atoms with Crippen molar-refractivity contribution in [2.75, 3.05) is 5.32 Å². The molecule has 0 aliphatic carbocycles. The van der Waals surface area contributed by atoms with E-state index in [9.17, 15) is 18.0 Å². The lowest BCUT2D eigenvalue weighted by molar-refractivity contribution is -0.136. The maximum absolute atomic E-state index is 12.9. The lowest BCUT2D eigenvalue weighted by atomic mass is 10.1. The summed E-state index contributed by atoms with van der Waals surface area (Å²) in [6.07, 6.45) is -2.32. The molecule has 20 heavy (non-hydrogen) atoms. The zero-order chi connectivity index (χ0) is 14.9. The van der Waals surface area contributed by atoms with Gasteiger partial charge in [0.25, 0.3) is 0 Å². The first-order valence-electron chi connectivity index (χ1n) is 6.29. The smallest absolute Gasteiger partial charge is 0.350 e. The van der Waals surface area contributed by atoms with Crippen molar-refractivity contribution in [3.8, 4) is 0 Å². The average Bonchev–Trinajstić information content (AvgIpc) is 2.66. The lowest BCUT2D eigenvalue weighted by Crippen LogP contribution is -2.10. The monoisotopic (exact) mass is 284 g/mol. The Balaban J connectivity index is 2.44. The van der Waals surface area contributed by atoms with Crippen LogP contribution in [0.25, 0.3) is 10.9 Å². The molecular weight excluding hydrogens is 269 g/mol. The Morgan fingerprint density at radius 3 is 2.65 bits per heavy atom. The Bertz CT molecular complexity index is 644. The van der Waals surface area contributed by atoms with Crippen molar-refractivity contribution in [1.29, 1.82) is 0 Å². The van der Waals surface area contributed by atoms with E-state index in [-0.39, 0.29) is 11.3 Å². The summed E-state index contributed by atoms with van der Waals surface area (Å²) in [4.78, 5) is 11.5. The summed E-state index contributed by atoms with van der Waals surface area (Å²) in [7, 11) is 1.56. The van der Waals surface area contributed by atoms with Crippen molar-refractivity contribution >= 4 is 22.5 Å². The maximum atomic E-state index is 12.9. The topological polar surface area (TPSA) is 34.0 Å². The summed E-state index contributed by atoms with van der Waals surface area (Å²) in [5.41, 5.74) is 0.167. The highest BCUT2D eigenvalue weighted by Crippen LogP contribution is 2.36. The molecule has 0 saturated heterocycles. The molecule has 0 spiro atoms. The van der Waals surface area contributed by atoms with Gasteiger partial charge >= 0.3 is 6.18 Å². The van der Waals surface area contributed by atoms with Crippen molar-refractivity contribution in [3.05, 3.63) is 30.0 Å². The molecule has 2 aromatic rings. The third-order valence-electron chi connectivity index (χ3n) is 3.06. The van der Waals surface area contributed by atoms with Gasteiger partial charge in [0.2, 0.25) is 5.91 Å². The van der Waals surface area contributed by atoms with Crippen LogP contribution in [0, 0.1) is 0 Å².